The number of benzene rings is 1. The number of ether oxygens (including phenoxy) is 1. The van der Waals surface area contributed by atoms with E-state index in [0.717, 1.165) is 38.5 Å². The molecule has 24 heavy (non-hydrogen) atoms. The van der Waals surface area contributed by atoms with Gasteiger partial charge in [-0.3, -0.25) is 4.99 Å². The lowest BCUT2D eigenvalue weighted by molar-refractivity contribution is 0.0243. The number of anilines is 1. The standard InChI is InChI=1S/C18H30N4O.HI/c1-14-7-8-15(16(11-14)22(4)5)12-20-17(19-3)21-13-18(2)9-6-10-23-18;/h7-8,11H,6,9-10,12-13H2,1-5H3,(H2,19,20,21);1H. The lowest BCUT2D eigenvalue weighted by Gasteiger charge is -2.25. The predicted molar refractivity (Wildman–Crippen MR) is 113 cm³/mol. The normalized spacial score (nSPS) is 20.5. The largest absolute Gasteiger partial charge is 0.377 e. The first-order valence-corrected chi connectivity index (χ1v) is 8.29. The quantitative estimate of drug-likeness (QED) is 0.415. The maximum absolute atomic E-state index is 5.81. The van der Waals surface area contributed by atoms with Crippen molar-refractivity contribution in [2.45, 2.75) is 38.8 Å². The van der Waals surface area contributed by atoms with E-state index < -0.39 is 0 Å². The van der Waals surface area contributed by atoms with Crippen molar-refractivity contribution >= 4 is 35.6 Å². The molecule has 1 aliphatic heterocycles. The number of nitrogens with zero attached hydrogens (tertiary/aromatic N) is 2. The Morgan fingerprint density at radius 1 is 1.33 bits per heavy atom. The molecule has 1 atom stereocenters. The first kappa shape index (κ1) is 21.0. The van der Waals surface area contributed by atoms with Gasteiger partial charge in [0.1, 0.15) is 0 Å². The number of aliphatic imine (C=N–C) groups is 1. The average molecular weight is 446 g/mol. The van der Waals surface area contributed by atoms with Crippen LogP contribution >= 0.6 is 24.0 Å². The third-order valence-electron chi connectivity index (χ3n) is 4.32. The van der Waals surface area contributed by atoms with Crippen LogP contribution in [-0.2, 0) is 11.3 Å². The van der Waals surface area contributed by atoms with Crippen LogP contribution in [0.2, 0.25) is 0 Å². The fourth-order valence-electron chi connectivity index (χ4n) is 2.89. The fraction of sp³-hybridized carbons (Fsp3) is 0.611. The molecule has 0 bridgehead atoms. The summed E-state index contributed by atoms with van der Waals surface area (Å²) in [6.07, 6.45) is 2.24. The van der Waals surface area contributed by atoms with E-state index in [4.69, 9.17) is 4.74 Å². The van der Waals surface area contributed by atoms with Crippen molar-refractivity contribution in [1.82, 2.24) is 10.6 Å². The molecule has 2 rings (SSSR count). The number of guanidine groups is 1. The van der Waals surface area contributed by atoms with Crippen LogP contribution in [-0.4, -0.2) is 45.9 Å². The molecule has 0 saturated carbocycles. The van der Waals surface area contributed by atoms with Crippen LogP contribution in [0.4, 0.5) is 5.69 Å². The summed E-state index contributed by atoms with van der Waals surface area (Å²) >= 11 is 0. The number of aryl methyl sites for hydroxylation is 1. The van der Waals surface area contributed by atoms with Gasteiger partial charge in [0.25, 0.3) is 0 Å². The second kappa shape index (κ2) is 9.46. The monoisotopic (exact) mass is 446 g/mol. The van der Waals surface area contributed by atoms with E-state index in [0.29, 0.717) is 0 Å². The van der Waals surface area contributed by atoms with Crippen molar-refractivity contribution in [1.29, 1.82) is 0 Å². The molecule has 0 amide bonds. The van der Waals surface area contributed by atoms with Crippen LogP contribution < -0.4 is 15.5 Å². The van der Waals surface area contributed by atoms with Crippen LogP contribution in [0, 0.1) is 6.92 Å². The van der Waals surface area contributed by atoms with Crippen molar-refractivity contribution in [2.75, 3.05) is 39.2 Å². The zero-order valence-electron chi connectivity index (χ0n) is 15.5. The molecule has 1 aromatic rings. The Morgan fingerprint density at radius 2 is 2.08 bits per heavy atom. The third-order valence-corrected chi connectivity index (χ3v) is 4.32. The highest BCUT2D eigenvalue weighted by molar-refractivity contribution is 14.0. The summed E-state index contributed by atoms with van der Waals surface area (Å²) in [6, 6.07) is 6.53. The minimum absolute atomic E-state index is 0. The van der Waals surface area contributed by atoms with E-state index in [1.165, 1.54) is 16.8 Å². The van der Waals surface area contributed by atoms with Gasteiger partial charge in [-0.25, -0.2) is 0 Å². The van der Waals surface area contributed by atoms with Gasteiger partial charge in [0.2, 0.25) is 0 Å². The van der Waals surface area contributed by atoms with Gasteiger partial charge in [-0.15, -0.1) is 24.0 Å². The second-order valence-corrected chi connectivity index (χ2v) is 6.71. The highest BCUT2D eigenvalue weighted by Crippen LogP contribution is 2.24. The van der Waals surface area contributed by atoms with Crippen LogP contribution in [0.15, 0.2) is 23.2 Å². The van der Waals surface area contributed by atoms with Gasteiger partial charge in [0, 0.05) is 46.5 Å². The topological polar surface area (TPSA) is 48.9 Å². The Kier molecular flexibility index (Phi) is 8.29. The van der Waals surface area contributed by atoms with E-state index in [2.05, 4.69) is 66.7 Å². The van der Waals surface area contributed by atoms with Crippen LogP contribution in [0.1, 0.15) is 30.9 Å². The van der Waals surface area contributed by atoms with Crippen LogP contribution in [0.5, 0.6) is 0 Å². The van der Waals surface area contributed by atoms with E-state index >= 15 is 0 Å². The fourth-order valence-corrected chi connectivity index (χ4v) is 2.89. The highest BCUT2D eigenvalue weighted by Gasteiger charge is 2.29. The predicted octanol–water partition coefficient (Wildman–Crippen LogP) is 2.91. The van der Waals surface area contributed by atoms with Crippen LogP contribution in [0.25, 0.3) is 0 Å². The molecule has 0 aliphatic carbocycles. The first-order chi connectivity index (χ1) is 10.9. The first-order valence-electron chi connectivity index (χ1n) is 8.29. The summed E-state index contributed by atoms with van der Waals surface area (Å²) in [6.45, 7) is 6.66. The number of hydrogen-bond donors (Lipinski definition) is 2. The Hall–Kier alpha value is -1.02. The molecule has 6 heteroatoms. The Balaban J connectivity index is 0.00000288. The van der Waals surface area contributed by atoms with Crippen molar-refractivity contribution in [3.63, 3.8) is 0 Å². The molecule has 1 heterocycles. The van der Waals surface area contributed by atoms with E-state index in [1.807, 2.05) is 0 Å². The minimum Gasteiger partial charge on any atom is -0.377 e. The van der Waals surface area contributed by atoms with Gasteiger partial charge in [-0.2, -0.15) is 0 Å². The van der Waals surface area contributed by atoms with Crippen LogP contribution in [0.3, 0.4) is 0 Å². The number of hydrogen-bond acceptors (Lipinski definition) is 3. The van der Waals surface area contributed by atoms with E-state index in [9.17, 15) is 0 Å². The molecule has 1 unspecified atom stereocenters. The van der Waals surface area contributed by atoms with Gasteiger partial charge in [-0.1, -0.05) is 12.1 Å². The number of nitrogens with one attached hydrogen (secondary N) is 2. The second-order valence-electron chi connectivity index (χ2n) is 6.71. The highest BCUT2D eigenvalue weighted by atomic mass is 127. The zero-order chi connectivity index (χ0) is 16.9. The van der Waals surface area contributed by atoms with E-state index in [-0.39, 0.29) is 29.6 Å². The van der Waals surface area contributed by atoms with Gasteiger partial charge in [-0.05, 0) is 43.9 Å². The Bertz CT molecular complexity index is 554. The molecule has 136 valence electrons. The average Bonchev–Trinajstić information content (AvgIpc) is 2.95. The molecule has 2 N–H and O–H groups in total. The van der Waals surface area contributed by atoms with Gasteiger partial charge in [0.15, 0.2) is 5.96 Å². The van der Waals surface area contributed by atoms with Gasteiger partial charge >= 0.3 is 0 Å². The van der Waals surface area contributed by atoms with Gasteiger partial charge in [0.05, 0.1) is 5.60 Å². The molecule has 1 aromatic carbocycles. The van der Waals surface area contributed by atoms with Gasteiger partial charge < -0.3 is 20.3 Å². The summed E-state index contributed by atoms with van der Waals surface area (Å²) in [5.41, 5.74) is 3.69. The minimum atomic E-state index is -0.0731. The molecule has 1 saturated heterocycles. The summed E-state index contributed by atoms with van der Waals surface area (Å²) in [5, 5.41) is 6.78. The zero-order valence-corrected chi connectivity index (χ0v) is 17.8. The maximum Gasteiger partial charge on any atom is 0.191 e. The molecule has 1 fully saturated rings. The molecular formula is C18H31IN4O. The smallest absolute Gasteiger partial charge is 0.191 e. The Labute approximate surface area is 163 Å². The SMILES string of the molecule is CN=C(NCc1ccc(C)cc1N(C)C)NCC1(C)CCCO1.I. The molecule has 1 aliphatic rings. The summed E-state index contributed by atoms with van der Waals surface area (Å²) in [7, 11) is 5.95. The van der Waals surface area contributed by atoms with Crippen molar-refractivity contribution < 1.29 is 4.74 Å². The third kappa shape index (κ3) is 5.81. The Morgan fingerprint density at radius 3 is 2.67 bits per heavy atom. The molecule has 0 aromatic heterocycles. The molecule has 0 radical (unpaired) electrons. The number of rotatable bonds is 5. The van der Waals surface area contributed by atoms with Crippen molar-refractivity contribution in [3.05, 3.63) is 29.3 Å². The summed E-state index contributed by atoms with van der Waals surface area (Å²) < 4.78 is 5.81. The van der Waals surface area contributed by atoms with E-state index in [1.54, 1.807) is 7.05 Å². The summed E-state index contributed by atoms with van der Waals surface area (Å²) in [4.78, 5) is 6.46. The molecule has 0 spiro atoms. The lowest BCUT2D eigenvalue weighted by Crippen LogP contribution is -2.45. The number of halogens is 1. The summed E-state index contributed by atoms with van der Waals surface area (Å²) in [5.74, 6) is 0.812. The lowest BCUT2D eigenvalue weighted by atomic mass is 10.0. The molecule has 5 nitrogen and oxygen atoms in total. The van der Waals surface area contributed by atoms with Crippen molar-refractivity contribution in [2.24, 2.45) is 4.99 Å². The van der Waals surface area contributed by atoms with Crippen molar-refractivity contribution in [3.8, 4) is 0 Å². The maximum atomic E-state index is 5.81. The molecular weight excluding hydrogens is 415 g/mol.